The fourth-order valence-corrected chi connectivity index (χ4v) is 6.85. The summed E-state index contributed by atoms with van der Waals surface area (Å²) in [7, 11) is 0. The average molecular weight is 903 g/mol. The Bertz CT molecular complexity index is 2720. The van der Waals surface area contributed by atoms with E-state index in [1.807, 2.05) is 65.2 Å². The van der Waals surface area contributed by atoms with Gasteiger partial charge in [0.25, 0.3) is 5.69 Å². The van der Waals surface area contributed by atoms with Crippen LogP contribution in [0.2, 0.25) is 0 Å². The molecule has 0 saturated carbocycles. The summed E-state index contributed by atoms with van der Waals surface area (Å²) in [6, 6.07) is 62.4. The Kier molecular flexibility index (Phi) is 9.58. The normalized spacial score (nSPS) is 12.1. The van der Waals surface area contributed by atoms with Crippen LogP contribution in [0.3, 0.4) is 0 Å². The first-order chi connectivity index (χ1) is 26.4. The zero-order valence-electron chi connectivity index (χ0n) is 28.9. The van der Waals surface area contributed by atoms with Crippen molar-refractivity contribution in [3.05, 3.63) is 188 Å². The number of halogens is 3. The minimum atomic E-state index is -4.49. The van der Waals surface area contributed by atoms with Gasteiger partial charge in [0.2, 0.25) is 5.69 Å². The van der Waals surface area contributed by atoms with Gasteiger partial charge in [-0.05, 0) is 57.1 Å². The standard InChI is InChI=1S/C47H28F3N3O.Pt/c48-47(49,50)36-26-27-51-43(29-36)35-17-9-19-38(28-35)54-39-20-10-18-37(30-39)52-31-53(46-42-21-8-7-16-34(42)24-25-44(46)52)45-40(32-12-3-1-4-13-32)22-11-23-41(45)33-14-5-2-6-15-33;/h1-27,29H;/q;+2. The number of alkyl halides is 3. The van der Waals surface area contributed by atoms with E-state index in [0.717, 1.165) is 68.4 Å². The molecule has 0 spiro atoms. The molecule has 0 bridgehead atoms. The number of fused-ring (bicyclic) bond motifs is 3. The van der Waals surface area contributed by atoms with Crippen molar-refractivity contribution in [1.82, 2.24) is 14.1 Å². The number of aromatic nitrogens is 1. The van der Waals surface area contributed by atoms with E-state index in [1.54, 1.807) is 24.3 Å². The van der Waals surface area contributed by atoms with Crippen molar-refractivity contribution in [3.63, 3.8) is 0 Å². The quantitative estimate of drug-likeness (QED) is 0.118. The predicted molar refractivity (Wildman–Crippen MR) is 208 cm³/mol. The molecule has 8 aromatic rings. The van der Waals surface area contributed by atoms with Gasteiger partial charge < -0.3 is 9.72 Å². The van der Waals surface area contributed by atoms with Crippen LogP contribution in [0.15, 0.2) is 170 Å². The molecule has 266 valence electrons. The van der Waals surface area contributed by atoms with Gasteiger partial charge in [-0.25, -0.2) is 0 Å². The van der Waals surface area contributed by atoms with E-state index in [1.165, 1.54) is 0 Å². The largest absolute Gasteiger partial charge is 2.00 e. The molecule has 4 nitrogen and oxygen atoms in total. The number of pyridine rings is 1. The summed E-state index contributed by atoms with van der Waals surface area (Å²) in [5.41, 5.74) is 7.54. The van der Waals surface area contributed by atoms with Crippen molar-refractivity contribution in [2.75, 3.05) is 0 Å². The van der Waals surface area contributed by atoms with Gasteiger partial charge in [0.05, 0.1) is 16.5 Å². The zero-order chi connectivity index (χ0) is 36.6. The molecule has 0 unspecified atom stereocenters. The Morgan fingerprint density at radius 1 is 0.582 bits per heavy atom. The maximum atomic E-state index is 13.4. The summed E-state index contributed by atoms with van der Waals surface area (Å²) in [6.45, 7) is 0. The number of rotatable bonds is 7. The van der Waals surface area contributed by atoms with Crippen molar-refractivity contribution in [2.45, 2.75) is 6.18 Å². The molecule has 1 aliphatic heterocycles. The third-order valence-electron chi connectivity index (χ3n) is 9.32. The molecule has 0 aliphatic carbocycles. The van der Waals surface area contributed by atoms with Crippen LogP contribution >= 0.6 is 0 Å². The Hall–Kier alpha value is -6.39. The topological polar surface area (TPSA) is 28.1 Å². The van der Waals surface area contributed by atoms with Crippen LogP contribution in [-0.4, -0.2) is 11.0 Å². The number of ether oxygens (including phenoxy) is 1. The fraction of sp³-hybridized carbons (Fsp3) is 0.0213. The van der Waals surface area contributed by atoms with Crippen molar-refractivity contribution >= 4 is 39.5 Å². The molecule has 0 atom stereocenters. The summed E-state index contributed by atoms with van der Waals surface area (Å²) < 4.78 is 50.6. The maximum absolute atomic E-state index is 13.4. The molecule has 2 heterocycles. The average Bonchev–Trinajstić information content (AvgIpc) is 3.61. The third-order valence-corrected chi connectivity index (χ3v) is 9.32. The van der Waals surface area contributed by atoms with Crippen LogP contribution in [-0.2, 0) is 27.2 Å². The molecule has 9 rings (SSSR count). The number of benzene rings is 7. The molecule has 7 aromatic carbocycles. The van der Waals surface area contributed by atoms with E-state index in [2.05, 4.69) is 94.4 Å². The Balaban J connectivity index is 0.00000427. The second-order valence-electron chi connectivity index (χ2n) is 12.7. The zero-order valence-corrected chi connectivity index (χ0v) is 31.1. The summed E-state index contributed by atoms with van der Waals surface area (Å²) in [6.07, 6.45) is -3.34. The van der Waals surface area contributed by atoms with Gasteiger partial charge in [-0.2, -0.15) is 19.2 Å². The molecular weight excluding hydrogens is 875 g/mol. The first kappa shape index (κ1) is 35.6. The van der Waals surface area contributed by atoms with Crippen LogP contribution < -0.4 is 13.9 Å². The SMILES string of the molecule is FC(F)(F)c1ccnc(-c2[c-]c(Oc3[c-]c([N+]4=C=[N+](c5c(-c6ccccc6)cccc5-c5ccccc5)c5c4ccc4ccccc54)ccc3)ccc2)c1.[Pt+2]. The summed E-state index contributed by atoms with van der Waals surface area (Å²) in [4.78, 5) is 4.15. The van der Waals surface area contributed by atoms with E-state index in [0.29, 0.717) is 22.7 Å². The second kappa shape index (κ2) is 14.8. The van der Waals surface area contributed by atoms with Gasteiger partial charge in [-0.3, -0.25) is 0 Å². The first-order valence-corrected chi connectivity index (χ1v) is 17.3. The van der Waals surface area contributed by atoms with E-state index < -0.39 is 11.7 Å². The van der Waals surface area contributed by atoms with E-state index in [4.69, 9.17) is 4.74 Å². The summed E-state index contributed by atoms with van der Waals surface area (Å²) in [5, 5.41) is 2.16. The molecule has 0 fully saturated rings. The predicted octanol–water partition coefficient (Wildman–Crippen LogP) is 12.5. The Labute approximate surface area is 330 Å². The van der Waals surface area contributed by atoms with Gasteiger partial charge in [0.15, 0.2) is 0 Å². The molecular formula is C47H28F3N3OPt+2. The molecule has 8 heteroatoms. The van der Waals surface area contributed by atoms with Crippen LogP contribution in [0.4, 0.5) is 35.9 Å². The number of hydrogen-bond acceptors (Lipinski definition) is 2. The Morgan fingerprint density at radius 3 is 1.93 bits per heavy atom. The molecule has 1 aliphatic rings. The van der Waals surface area contributed by atoms with Crippen LogP contribution in [0.25, 0.3) is 44.3 Å². The van der Waals surface area contributed by atoms with Crippen molar-refractivity contribution < 1.29 is 39.0 Å². The van der Waals surface area contributed by atoms with Gasteiger partial charge in [-0.15, -0.1) is 29.8 Å². The fourth-order valence-electron chi connectivity index (χ4n) is 6.85. The van der Waals surface area contributed by atoms with Gasteiger partial charge in [0, 0.05) is 29.3 Å². The molecule has 0 saturated heterocycles. The first-order valence-electron chi connectivity index (χ1n) is 17.3. The van der Waals surface area contributed by atoms with Gasteiger partial charge in [-0.1, -0.05) is 114 Å². The maximum Gasteiger partial charge on any atom is 2.00 e. The second-order valence-corrected chi connectivity index (χ2v) is 12.7. The minimum Gasteiger partial charge on any atom is -0.503 e. The number of para-hydroxylation sites is 1. The van der Waals surface area contributed by atoms with E-state index in [-0.39, 0.29) is 26.8 Å². The Morgan fingerprint density at radius 2 is 1.22 bits per heavy atom. The van der Waals surface area contributed by atoms with E-state index >= 15 is 0 Å². The summed E-state index contributed by atoms with van der Waals surface area (Å²) >= 11 is 0. The monoisotopic (exact) mass is 902 g/mol. The van der Waals surface area contributed by atoms with Crippen LogP contribution in [0.1, 0.15) is 5.56 Å². The van der Waals surface area contributed by atoms with Crippen molar-refractivity contribution in [2.24, 2.45) is 0 Å². The van der Waals surface area contributed by atoms with Crippen molar-refractivity contribution in [1.29, 1.82) is 0 Å². The molecule has 0 amide bonds. The van der Waals surface area contributed by atoms with Crippen molar-refractivity contribution in [3.8, 4) is 45.0 Å². The molecule has 0 radical (unpaired) electrons. The van der Waals surface area contributed by atoms with E-state index in [9.17, 15) is 13.2 Å². The van der Waals surface area contributed by atoms with Gasteiger partial charge >= 0.3 is 38.9 Å². The molecule has 1 aromatic heterocycles. The van der Waals surface area contributed by atoms with Gasteiger partial charge in [0.1, 0.15) is 5.69 Å². The van der Waals surface area contributed by atoms with Crippen LogP contribution in [0.5, 0.6) is 11.5 Å². The number of hydrogen-bond donors (Lipinski definition) is 0. The smallest absolute Gasteiger partial charge is 0.503 e. The van der Waals surface area contributed by atoms with Crippen LogP contribution in [0, 0.1) is 12.1 Å². The minimum absolute atomic E-state index is 0. The molecule has 0 N–H and O–H groups in total. The molecule has 55 heavy (non-hydrogen) atoms. The summed E-state index contributed by atoms with van der Waals surface area (Å²) in [5.74, 6) is 0.710. The third kappa shape index (κ3) is 6.92. The number of nitrogens with zero attached hydrogens (tertiary/aromatic N) is 3.